The van der Waals surface area contributed by atoms with Crippen LogP contribution in [-0.4, -0.2) is 30.4 Å². The second-order valence-corrected chi connectivity index (χ2v) is 6.20. The van der Waals surface area contributed by atoms with E-state index in [4.69, 9.17) is 4.74 Å². The summed E-state index contributed by atoms with van der Waals surface area (Å²) in [5.41, 5.74) is -0.290. The lowest BCUT2D eigenvalue weighted by Crippen LogP contribution is -2.22. The van der Waals surface area contributed by atoms with Gasteiger partial charge in [0, 0.05) is 20.1 Å². The minimum atomic E-state index is -0.290. The van der Waals surface area contributed by atoms with Crippen LogP contribution < -0.4 is 5.32 Å². The minimum Gasteiger partial charge on any atom is -0.371 e. The molecular weight excluding hydrogens is 246 g/mol. The van der Waals surface area contributed by atoms with E-state index >= 15 is 0 Å². The van der Waals surface area contributed by atoms with E-state index in [0.717, 1.165) is 35.9 Å². The smallest absolute Gasteiger partial charge is 0.149 e. The van der Waals surface area contributed by atoms with Crippen LogP contribution in [0.25, 0.3) is 0 Å². The lowest BCUT2D eigenvalue weighted by Gasteiger charge is -2.22. The molecule has 1 N–H and O–H groups in total. The monoisotopic (exact) mass is 271 g/mol. The number of hydrogen-bond donors (Lipinski definition) is 1. The molecule has 0 fully saturated rings. The molecular formula is C13H25N3OS. The molecule has 0 saturated carbocycles. The molecule has 0 aromatic carbocycles. The van der Waals surface area contributed by atoms with Crippen molar-refractivity contribution in [3.63, 3.8) is 0 Å². The maximum Gasteiger partial charge on any atom is 0.149 e. The molecule has 1 atom stereocenters. The zero-order valence-corrected chi connectivity index (χ0v) is 12.9. The normalized spacial score (nSPS) is 15.0. The lowest BCUT2D eigenvalue weighted by atomic mass is 10.1. The van der Waals surface area contributed by atoms with Gasteiger partial charge in [-0.05, 0) is 25.8 Å². The zero-order chi connectivity index (χ0) is 13.6. The molecule has 18 heavy (non-hydrogen) atoms. The highest BCUT2D eigenvalue weighted by Gasteiger charge is 2.28. The van der Waals surface area contributed by atoms with Crippen molar-refractivity contribution in [3.05, 3.63) is 10.0 Å². The van der Waals surface area contributed by atoms with E-state index in [2.05, 4.69) is 43.2 Å². The van der Waals surface area contributed by atoms with Gasteiger partial charge in [-0.1, -0.05) is 32.1 Å². The highest BCUT2D eigenvalue weighted by molar-refractivity contribution is 7.11. The van der Waals surface area contributed by atoms with E-state index in [1.54, 1.807) is 18.4 Å². The first kappa shape index (κ1) is 15.5. The molecule has 1 aromatic rings. The Labute approximate surface area is 114 Å². The van der Waals surface area contributed by atoms with Crippen LogP contribution in [0.4, 0.5) is 0 Å². The molecule has 0 aliphatic rings. The standard InChI is InChI=1S/C13H25N3OS/c1-6-13(4,17-5)12-16-15-11(18-12)7-8-14-9-10(2)3/h10,14H,6-9H2,1-5H3. The van der Waals surface area contributed by atoms with Crippen LogP contribution in [0.1, 0.15) is 44.1 Å². The molecule has 1 unspecified atom stereocenters. The van der Waals surface area contributed by atoms with Crippen molar-refractivity contribution in [2.45, 2.75) is 46.1 Å². The van der Waals surface area contributed by atoms with Gasteiger partial charge in [-0.2, -0.15) is 0 Å². The Kier molecular flexibility index (Phi) is 6.18. The highest BCUT2D eigenvalue weighted by atomic mass is 32.1. The maximum absolute atomic E-state index is 5.54. The summed E-state index contributed by atoms with van der Waals surface area (Å²) in [6.45, 7) is 10.6. The Morgan fingerprint density at radius 3 is 2.67 bits per heavy atom. The van der Waals surface area contributed by atoms with Crippen molar-refractivity contribution >= 4 is 11.3 Å². The van der Waals surface area contributed by atoms with Crippen LogP contribution in [-0.2, 0) is 16.8 Å². The van der Waals surface area contributed by atoms with Gasteiger partial charge in [0.2, 0.25) is 0 Å². The van der Waals surface area contributed by atoms with E-state index in [9.17, 15) is 0 Å². The lowest BCUT2D eigenvalue weighted by molar-refractivity contribution is -0.00207. The summed E-state index contributed by atoms with van der Waals surface area (Å²) in [7, 11) is 1.73. The van der Waals surface area contributed by atoms with Crippen LogP contribution in [0.2, 0.25) is 0 Å². The van der Waals surface area contributed by atoms with Crippen LogP contribution in [0.5, 0.6) is 0 Å². The van der Waals surface area contributed by atoms with Crippen LogP contribution in [0.3, 0.4) is 0 Å². The first-order valence-corrected chi connectivity index (χ1v) is 7.42. The Balaban J connectivity index is 2.48. The first-order valence-electron chi connectivity index (χ1n) is 6.60. The van der Waals surface area contributed by atoms with Gasteiger partial charge in [-0.15, -0.1) is 10.2 Å². The van der Waals surface area contributed by atoms with Crippen LogP contribution in [0.15, 0.2) is 0 Å². The van der Waals surface area contributed by atoms with Gasteiger partial charge in [-0.25, -0.2) is 0 Å². The van der Waals surface area contributed by atoms with E-state index in [1.807, 2.05) is 0 Å². The van der Waals surface area contributed by atoms with Gasteiger partial charge in [0.1, 0.15) is 15.6 Å². The summed E-state index contributed by atoms with van der Waals surface area (Å²) in [6, 6.07) is 0. The Hall–Kier alpha value is -0.520. The van der Waals surface area contributed by atoms with Gasteiger partial charge in [0.25, 0.3) is 0 Å². The average molecular weight is 271 g/mol. The summed E-state index contributed by atoms with van der Waals surface area (Å²) < 4.78 is 5.54. The van der Waals surface area contributed by atoms with E-state index < -0.39 is 0 Å². The second kappa shape index (κ2) is 7.16. The molecule has 5 heteroatoms. The fourth-order valence-electron chi connectivity index (χ4n) is 1.54. The number of hydrogen-bond acceptors (Lipinski definition) is 5. The molecule has 4 nitrogen and oxygen atoms in total. The summed E-state index contributed by atoms with van der Waals surface area (Å²) in [4.78, 5) is 0. The van der Waals surface area contributed by atoms with Crippen LogP contribution >= 0.6 is 11.3 Å². The van der Waals surface area contributed by atoms with Crippen LogP contribution in [0, 0.1) is 5.92 Å². The van der Waals surface area contributed by atoms with Gasteiger partial charge >= 0.3 is 0 Å². The topological polar surface area (TPSA) is 47.0 Å². The van der Waals surface area contributed by atoms with Crippen molar-refractivity contribution in [1.82, 2.24) is 15.5 Å². The van der Waals surface area contributed by atoms with Gasteiger partial charge < -0.3 is 10.1 Å². The molecule has 0 bridgehead atoms. The van der Waals surface area contributed by atoms with E-state index in [1.165, 1.54) is 0 Å². The number of rotatable bonds is 8. The summed E-state index contributed by atoms with van der Waals surface area (Å²) >= 11 is 1.66. The Morgan fingerprint density at radius 2 is 2.11 bits per heavy atom. The first-order chi connectivity index (χ1) is 8.51. The number of methoxy groups -OCH3 is 1. The molecule has 0 aliphatic carbocycles. The van der Waals surface area contributed by atoms with Crippen molar-refractivity contribution < 1.29 is 4.74 Å². The number of ether oxygens (including phenoxy) is 1. The summed E-state index contributed by atoms with van der Waals surface area (Å²) in [6.07, 6.45) is 1.84. The third kappa shape index (κ3) is 4.30. The summed E-state index contributed by atoms with van der Waals surface area (Å²) in [5, 5.41) is 14.0. The molecule has 0 radical (unpaired) electrons. The molecule has 0 amide bonds. The van der Waals surface area contributed by atoms with Crippen molar-refractivity contribution in [1.29, 1.82) is 0 Å². The van der Waals surface area contributed by atoms with E-state index in [-0.39, 0.29) is 5.60 Å². The van der Waals surface area contributed by atoms with Gasteiger partial charge in [-0.3, -0.25) is 0 Å². The Bertz CT molecular complexity index is 348. The molecule has 1 heterocycles. The number of nitrogens with zero attached hydrogens (tertiary/aromatic N) is 2. The zero-order valence-electron chi connectivity index (χ0n) is 12.1. The highest BCUT2D eigenvalue weighted by Crippen LogP contribution is 2.30. The minimum absolute atomic E-state index is 0.290. The van der Waals surface area contributed by atoms with Gasteiger partial charge in [0.15, 0.2) is 0 Å². The SMILES string of the molecule is CCC(C)(OC)c1nnc(CCNCC(C)C)s1. The predicted molar refractivity (Wildman–Crippen MR) is 76.0 cm³/mol. The quantitative estimate of drug-likeness (QED) is 0.738. The summed E-state index contributed by atoms with van der Waals surface area (Å²) in [5.74, 6) is 0.687. The van der Waals surface area contributed by atoms with Crippen molar-refractivity contribution in [3.8, 4) is 0 Å². The third-order valence-corrected chi connectivity index (χ3v) is 4.34. The molecule has 0 saturated heterocycles. The number of nitrogens with one attached hydrogen (secondary N) is 1. The van der Waals surface area contributed by atoms with Crippen molar-refractivity contribution in [2.75, 3.05) is 20.2 Å². The van der Waals surface area contributed by atoms with Crippen molar-refractivity contribution in [2.24, 2.45) is 5.92 Å². The van der Waals surface area contributed by atoms with Gasteiger partial charge in [0.05, 0.1) is 0 Å². The fourth-order valence-corrected chi connectivity index (χ4v) is 2.57. The molecule has 1 rings (SSSR count). The molecule has 104 valence electrons. The third-order valence-electron chi connectivity index (χ3n) is 3.11. The maximum atomic E-state index is 5.54. The fraction of sp³-hybridized carbons (Fsp3) is 0.846. The van der Waals surface area contributed by atoms with E-state index in [0.29, 0.717) is 5.92 Å². The Morgan fingerprint density at radius 1 is 1.39 bits per heavy atom. The number of aromatic nitrogens is 2. The molecule has 0 aliphatic heterocycles. The molecule has 0 spiro atoms. The average Bonchev–Trinajstić information content (AvgIpc) is 2.83. The second-order valence-electron chi connectivity index (χ2n) is 5.14. The molecule has 1 aromatic heterocycles. The largest absolute Gasteiger partial charge is 0.371 e. The predicted octanol–water partition coefficient (Wildman–Crippen LogP) is 2.60.